The molecule has 0 saturated carbocycles. The predicted octanol–water partition coefficient (Wildman–Crippen LogP) is 4.17. The summed E-state index contributed by atoms with van der Waals surface area (Å²) in [7, 11) is -3.81. The zero-order chi connectivity index (χ0) is 26.6. The molecule has 2 aromatic rings. The smallest absolute Gasteiger partial charge is 0.223 e. The van der Waals surface area contributed by atoms with Gasteiger partial charge in [0.25, 0.3) is 0 Å². The van der Waals surface area contributed by atoms with E-state index in [0.29, 0.717) is 56.0 Å². The minimum absolute atomic E-state index is 0.00858. The first-order valence-electron chi connectivity index (χ1n) is 12.2. The molecule has 0 unspecified atom stereocenters. The Kier molecular flexibility index (Phi) is 8.73. The second-order valence-electron chi connectivity index (χ2n) is 9.80. The quantitative estimate of drug-likeness (QED) is 0.488. The molecule has 0 N–H and O–H groups in total. The summed E-state index contributed by atoms with van der Waals surface area (Å²) in [6.45, 7) is 4.51. The van der Waals surface area contributed by atoms with E-state index in [1.54, 1.807) is 17.0 Å². The standard InChI is InChI=1S/C26H31ClF2N2O5S/c1-19-12-23(2-3-24(19)27)36-18-26(16-25(32)30-8-10-35-11-9-30)4-6-31(7-5-26)37(33,34)17-20-13-21(28)15-22(29)14-20/h2-3,12-15H,4-11,16-18H2,1H3. The molecule has 2 aliphatic heterocycles. The average molecular weight is 557 g/mol. The molecule has 7 nitrogen and oxygen atoms in total. The SMILES string of the molecule is Cc1cc(OCC2(CC(=O)N3CCOCC3)CCN(S(=O)(=O)Cc3cc(F)cc(F)c3)CC2)ccc1Cl. The molecule has 2 saturated heterocycles. The van der Waals surface area contributed by atoms with Crippen molar-refractivity contribution in [3.8, 4) is 5.75 Å². The Morgan fingerprint density at radius 3 is 2.32 bits per heavy atom. The molecule has 4 rings (SSSR count). The third-order valence-corrected chi connectivity index (χ3v) is 9.29. The number of amides is 1. The van der Waals surface area contributed by atoms with Crippen molar-refractivity contribution in [2.24, 2.45) is 5.41 Å². The van der Waals surface area contributed by atoms with E-state index in [0.717, 1.165) is 17.7 Å². The Morgan fingerprint density at radius 1 is 1.05 bits per heavy atom. The largest absolute Gasteiger partial charge is 0.493 e. The third kappa shape index (κ3) is 7.19. The number of hydrogen-bond acceptors (Lipinski definition) is 5. The lowest BCUT2D eigenvalue weighted by Gasteiger charge is -2.42. The number of aryl methyl sites for hydroxylation is 1. The van der Waals surface area contributed by atoms with Gasteiger partial charge in [0.05, 0.1) is 25.6 Å². The highest BCUT2D eigenvalue weighted by Gasteiger charge is 2.41. The van der Waals surface area contributed by atoms with Crippen molar-refractivity contribution in [1.82, 2.24) is 9.21 Å². The highest BCUT2D eigenvalue weighted by atomic mass is 35.5. The van der Waals surface area contributed by atoms with Gasteiger partial charge in [0.15, 0.2) is 0 Å². The van der Waals surface area contributed by atoms with E-state index >= 15 is 0 Å². The van der Waals surface area contributed by atoms with Gasteiger partial charge in [-0.15, -0.1) is 0 Å². The van der Waals surface area contributed by atoms with Gasteiger partial charge < -0.3 is 14.4 Å². The number of morpholine rings is 1. The van der Waals surface area contributed by atoms with Gasteiger partial charge in [0.2, 0.25) is 15.9 Å². The Bertz CT molecular complexity index is 1210. The van der Waals surface area contributed by atoms with E-state index in [9.17, 15) is 22.0 Å². The summed E-state index contributed by atoms with van der Waals surface area (Å²) >= 11 is 6.13. The molecular weight excluding hydrogens is 526 g/mol. The van der Waals surface area contributed by atoms with Crippen molar-refractivity contribution >= 4 is 27.5 Å². The van der Waals surface area contributed by atoms with Crippen LogP contribution in [-0.4, -0.2) is 69.5 Å². The number of sulfonamides is 1. The van der Waals surface area contributed by atoms with Crippen LogP contribution in [0.1, 0.15) is 30.4 Å². The fraction of sp³-hybridized carbons (Fsp3) is 0.500. The van der Waals surface area contributed by atoms with Gasteiger partial charge in [-0.1, -0.05) is 11.6 Å². The number of piperidine rings is 1. The highest BCUT2D eigenvalue weighted by Crippen LogP contribution is 2.38. The molecular formula is C26H31ClF2N2O5S. The Hall–Kier alpha value is -2.27. The zero-order valence-corrected chi connectivity index (χ0v) is 22.3. The Balaban J connectivity index is 1.47. The summed E-state index contributed by atoms with van der Waals surface area (Å²) in [4.78, 5) is 14.9. The molecule has 2 fully saturated rings. The molecule has 0 spiro atoms. The van der Waals surface area contributed by atoms with Crippen molar-refractivity contribution in [2.75, 3.05) is 46.0 Å². The fourth-order valence-corrected chi connectivity index (χ4v) is 6.42. The van der Waals surface area contributed by atoms with Crippen LogP contribution in [0.25, 0.3) is 0 Å². The minimum atomic E-state index is -3.81. The van der Waals surface area contributed by atoms with Crippen LogP contribution in [-0.2, 0) is 25.3 Å². The predicted molar refractivity (Wildman–Crippen MR) is 136 cm³/mol. The molecule has 202 valence electrons. The van der Waals surface area contributed by atoms with E-state index in [2.05, 4.69) is 0 Å². The molecule has 2 aliphatic rings. The summed E-state index contributed by atoms with van der Waals surface area (Å²) < 4.78 is 66.1. The van der Waals surface area contributed by atoms with Gasteiger partial charge >= 0.3 is 0 Å². The number of rotatable bonds is 8. The van der Waals surface area contributed by atoms with Crippen molar-refractivity contribution in [3.05, 3.63) is 64.2 Å². The van der Waals surface area contributed by atoms with Crippen LogP contribution in [0, 0.1) is 24.0 Å². The normalized spacial score (nSPS) is 18.5. The van der Waals surface area contributed by atoms with Crippen molar-refractivity contribution in [3.63, 3.8) is 0 Å². The highest BCUT2D eigenvalue weighted by molar-refractivity contribution is 7.88. The second-order valence-corrected chi connectivity index (χ2v) is 12.2. The van der Waals surface area contributed by atoms with Crippen molar-refractivity contribution in [2.45, 2.75) is 31.9 Å². The van der Waals surface area contributed by atoms with E-state index in [-0.39, 0.29) is 37.6 Å². The van der Waals surface area contributed by atoms with E-state index in [4.69, 9.17) is 21.1 Å². The minimum Gasteiger partial charge on any atom is -0.493 e. The first-order chi connectivity index (χ1) is 17.6. The molecule has 1 amide bonds. The second kappa shape index (κ2) is 11.6. The van der Waals surface area contributed by atoms with Crippen LogP contribution < -0.4 is 4.74 Å². The number of ether oxygens (including phenoxy) is 2. The van der Waals surface area contributed by atoms with Crippen LogP contribution in [0.4, 0.5) is 8.78 Å². The van der Waals surface area contributed by atoms with Crippen LogP contribution in [0.5, 0.6) is 5.75 Å². The van der Waals surface area contributed by atoms with E-state index in [1.807, 2.05) is 13.0 Å². The Labute approximate surface area is 221 Å². The maximum atomic E-state index is 13.6. The van der Waals surface area contributed by atoms with Gasteiger partial charge in [0, 0.05) is 49.1 Å². The van der Waals surface area contributed by atoms with E-state index < -0.39 is 32.8 Å². The van der Waals surface area contributed by atoms with Crippen LogP contribution >= 0.6 is 11.6 Å². The lowest BCUT2D eigenvalue weighted by atomic mass is 9.76. The summed E-state index contributed by atoms with van der Waals surface area (Å²) in [5.74, 6) is -1.52. The molecule has 0 radical (unpaired) electrons. The van der Waals surface area contributed by atoms with Gasteiger partial charge in [-0.05, 0) is 61.2 Å². The van der Waals surface area contributed by atoms with Crippen LogP contribution in [0.3, 0.4) is 0 Å². The summed E-state index contributed by atoms with van der Waals surface area (Å²) in [5, 5.41) is 0.626. The van der Waals surface area contributed by atoms with Gasteiger partial charge in [-0.3, -0.25) is 4.79 Å². The Morgan fingerprint density at radius 2 is 1.70 bits per heavy atom. The summed E-state index contributed by atoms with van der Waals surface area (Å²) in [6, 6.07) is 8.11. The topological polar surface area (TPSA) is 76.2 Å². The number of carbonyl (C=O) groups excluding carboxylic acids is 1. The average Bonchev–Trinajstić information content (AvgIpc) is 2.85. The van der Waals surface area contributed by atoms with Crippen LogP contribution in [0.2, 0.25) is 5.02 Å². The lowest BCUT2D eigenvalue weighted by molar-refractivity contribution is -0.139. The molecule has 2 aromatic carbocycles. The summed E-state index contributed by atoms with van der Waals surface area (Å²) in [6.07, 6.45) is 1.04. The van der Waals surface area contributed by atoms with Gasteiger partial charge in [0.1, 0.15) is 17.4 Å². The fourth-order valence-electron chi connectivity index (χ4n) is 4.80. The zero-order valence-electron chi connectivity index (χ0n) is 20.7. The number of hydrogen-bond donors (Lipinski definition) is 0. The third-order valence-electron chi connectivity index (χ3n) is 7.01. The van der Waals surface area contributed by atoms with E-state index in [1.165, 1.54) is 4.31 Å². The number of nitrogens with zero attached hydrogens (tertiary/aromatic N) is 2. The molecule has 2 heterocycles. The molecule has 0 aliphatic carbocycles. The first kappa shape index (κ1) is 27.8. The lowest BCUT2D eigenvalue weighted by Crippen LogP contribution is -2.49. The maximum absolute atomic E-state index is 13.6. The van der Waals surface area contributed by atoms with Crippen molar-refractivity contribution in [1.29, 1.82) is 0 Å². The van der Waals surface area contributed by atoms with Crippen LogP contribution in [0.15, 0.2) is 36.4 Å². The maximum Gasteiger partial charge on any atom is 0.223 e. The molecule has 11 heteroatoms. The van der Waals surface area contributed by atoms with Gasteiger partial charge in [-0.25, -0.2) is 21.5 Å². The number of carbonyl (C=O) groups is 1. The summed E-state index contributed by atoms with van der Waals surface area (Å²) in [5.41, 5.74) is 0.352. The monoisotopic (exact) mass is 556 g/mol. The molecule has 0 atom stereocenters. The first-order valence-corrected chi connectivity index (χ1v) is 14.2. The number of halogens is 3. The number of benzene rings is 2. The molecule has 37 heavy (non-hydrogen) atoms. The van der Waals surface area contributed by atoms with Crippen molar-refractivity contribution < 1.29 is 31.5 Å². The van der Waals surface area contributed by atoms with Gasteiger partial charge in [-0.2, -0.15) is 0 Å². The molecule has 0 bridgehead atoms. The molecule has 0 aromatic heterocycles.